The van der Waals surface area contributed by atoms with Crippen LogP contribution in [0, 0.1) is 0 Å². The van der Waals surface area contributed by atoms with Gasteiger partial charge in [-0.1, -0.05) is 0 Å². The van der Waals surface area contributed by atoms with Gasteiger partial charge in [0.1, 0.15) is 6.04 Å². The highest BCUT2D eigenvalue weighted by Crippen LogP contribution is 2.29. The van der Waals surface area contributed by atoms with Crippen molar-refractivity contribution in [2.75, 3.05) is 0 Å². The molecule has 0 aromatic carbocycles. The molecular formula is C5H6F3N3. The molecule has 3 nitrogen and oxygen atoms in total. The summed E-state index contributed by atoms with van der Waals surface area (Å²) in [6.07, 6.45) is -2.22. The van der Waals surface area contributed by atoms with E-state index in [0.717, 1.165) is 12.4 Å². The van der Waals surface area contributed by atoms with Crippen LogP contribution in [0.3, 0.4) is 0 Å². The van der Waals surface area contributed by atoms with E-state index in [0.29, 0.717) is 0 Å². The highest BCUT2D eigenvalue weighted by Gasteiger charge is 2.38. The summed E-state index contributed by atoms with van der Waals surface area (Å²) in [4.78, 5) is 0. The van der Waals surface area contributed by atoms with Gasteiger partial charge >= 0.3 is 6.18 Å². The van der Waals surface area contributed by atoms with Crippen LogP contribution in [0.25, 0.3) is 0 Å². The van der Waals surface area contributed by atoms with E-state index in [4.69, 9.17) is 5.73 Å². The lowest BCUT2D eigenvalue weighted by Crippen LogP contribution is -2.27. The molecule has 0 aliphatic carbocycles. The summed E-state index contributed by atoms with van der Waals surface area (Å²) < 4.78 is 35.5. The van der Waals surface area contributed by atoms with Crippen molar-refractivity contribution < 1.29 is 13.2 Å². The number of nitrogens with zero attached hydrogens (tertiary/aromatic N) is 1. The van der Waals surface area contributed by atoms with Gasteiger partial charge in [-0.05, 0) is 0 Å². The molecular weight excluding hydrogens is 159 g/mol. The van der Waals surface area contributed by atoms with Gasteiger partial charge in [0, 0.05) is 11.8 Å². The Morgan fingerprint density at radius 2 is 2.18 bits per heavy atom. The summed E-state index contributed by atoms with van der Waals surface area (Å²) in [5.41, 5.74) is 4.77. The molecule has 1 aromatic heterocycles. The molecule has 3 N–H and O–H groups in total. The van der Waals surface area contributed by atoms with Crippen molar-refractivity contribution in [2.45, 2.75) is 12.2 Å². The molecule has 1 atom stereocenters. The summed E-state index contributed by atoms with van der Waals surface area (Å²) in [6, 6.07) is -1.94. The largest absolute Gasteiger partial charge is 0.407 e. The van der Waals surface area contributed by atoms with Crippen LogP contribution in [0.2, 0.25) is 0 Å². The van der Waals surface area contributed by atoms with Crippen LogP contribution in [0.1, 0.15) is 11.6 Å². The quantitative estimate of drug-likeness (QED) is 0.651. The number of nitrogens with two attached hydrogens (primary N) is 1. The Labute approximate surface area is 60.4 Å². The van der Waals surface area contributed by atoms with Crippen molar-refractivity contribution in [3.8, 4) is 0 Å². The Hall–Kier alpha value is -1.04. The highest BCUT2D eigenvalue weighted by atomic mass is 19.4. The fourth-order valence-electron chi connectivity index (χ4n) is 0.620. The first-order chi connectivity index (χ1) is 5.02. The average molecular weight is 165 g/mol. The minimum Gasteiger partial charge on any atom is -0.316 e. The zero-order chi connectivity index (χ0) is 8.48. The first kappa shape index (κ1) is 8.06. The normalized spacial score (nSPS) is 14.9. The van der Waals surface area contributed by atoms with Crippen LogP contribution in [-0.2, 0) is 0 Å². The van der Waals surface area contributed by atoms with E-state index in [9.17, 15) is 13.2 Å². The van der Waals surface area contributed by atoms with E-state index in [-0.39, 0.29) is 5.56 Å². The first-order valence-electron chi connectivity index (χ1n) is 2.83. The van der Waals surface area contributed by atoms with Crippen molar-refractivity contribution in [2.24, 2.45) is 5.73 Å². The third-order valence-corrected chi connectivity index (χ3v) is 1.23. The van der Waals surface area contributed by atoms with E-state index in [1.165, 1.54) is 0 Å². The van der Waals surface area contributed by atoms with Gasteiger partial charge in [0.25, 0.3) is 0 Å². The summed E-state index contributed by atoms with van der Waals surface area (Å²) in [5.74, 6) is 0. The maximum Gasteiger partial charge on any atom is 0.407 e. The lowest BCUT2D eigenvalue weighted by atomic mass is 10.2. The third-order valence-electron chi connectivity index (χ3n) is 1.23. The second-order valence-electron chi connectivity index (χ2n) is 2.05. The maximum atomic E-state index is 11.8. The van der Waals surface area contributed by atoms with Crippen LogP contribution in [0.15, 0.2) is 12.4 Å². The summed E-state index contributed by atoms with van der Waals surface area (Å²) >= 11 is 0. The van der Waals surface area contributed by atoms with E-state index in [1.807, 2.05) is 0 Å². The Morgan fingerprint density at radius 1 is 1.55 bits per heavy atom. The monoisotopic (exact) mass is 165 g/mol. The molecule has 1 rings (SSSR count). The predicted molar refractivity (Wildman–Crippen MR) is 31.6 cm³/mol. The van der Waals surface area contributed by atoms with Crippen molar-refractivity contribution in [3.05, 3.63) is 18.0 Å². The molecule has 0 amide bonds. The minimum atomic E-state index is -4.40. The third kappa shape index (κ3) is 1.70. The van der Waals surface area contributed by atoms with Crippen molar-refractivity contribution in [3.63, 3.8) is 0 Å². The van der Waals surface area contributed by atoms with E-state index < -0.39 is 12.2 Å². The number of aromatic amines is 1. The van der Waals surface area contributed by atoms with Gasteiger partial charge in [-0.15, -0.1) is 0 Å². The molecule has 0 radical (unpaired) electrons. The molecule has 0 saturated heterocycles. The number of nitrogens with one attached hydrogen (secondary N) is 1. The molecule has 6 heteroatoms. The van der Waals surface area contributed by atoms with Crippen molar-refractivity contribution in [1.29, 1.82) is 0 Å². The lowest BCUT2D eigenvalue weighted by molar-refractivity contribution is -0.149. The zero-order valence-electron chi connectivity index (χ0n) is 5.39. The Morgan fingerprint density at radius 3 is 2.55 bits per heavy atom. The SMILES string of the molecule is NC(c1cn[nH]c1)C(F)(F)F. The molecule has 1 aromatic rings. The zero-order valence-corrected chi connectivity index (χ0v) is 5.39. The van der Waals surface area contributed by atoms with Gasteiger partial charge in [0.05, 0.1) is 6.20 Å². The molecule has 1 heterocycles. The number of hydrogen-bond donors (Lipinski definition) is 2. The van der Waals surface area contributed by atoms with Crippen molar-refractivity contribution >= 4 is 0 Å². The summed E-state index contributed by atoms with van der Waals surface area (Å²) in [6.45, 7) is 0. The van der Waals surface area contributed by atoms with Gasteiger partial charge in [-0.25, -0.2) is 0 Å². The molecule has 62 valence electrons. The highest BCUT2D eigenvalue weighted by molar-refractivity contribution is 5.10. The van der Waals surface area contributed by atoms with E-state index in [2.05, 4.69) is 10.2 Å². The van der Waals surface area contributed by atoms with E-state index >= 15 is 0 Å². The van der Waals surface area contributed by atoms with Gasteiger partial charge in [-0.3, -0.25) is 5.10 Å². The van der Waals surface area contributed by atoms with Gasteiger partial charge in [-0.2, -0.15) is 18.3 Å². The standard InChI is InChI=1S/C5H6F3N3/c6-5(7,8)4(9)3-1-10-11-2-3/h1-2,4H,9H2,(H,10,11). The minimum absolute atomic E-state index is 0.0579. The van der Waals surface area contributed by atoms with Crippen LogP contribution in [0.4, 0.5) is 13.2 Å². The fraction of sp³-hybridized carbons (Fsp3) is 0.400. The summed E-state index contributed by atoms with van der Waals surface area (Å²) in [7, 11) is 0. The van der Waals surface area contributed by atoms with Crippen LogP contribution < -0.4 is 5.73 Å². The lowest BCUT2D eigenvalue weighted by Gasteiger charge is -2.12. The molecule has 1 unspecified atom stereocenters. The van der Waals surface area contributed by atoms with Crippen LogP contribution in [0.5, 0.6) is 0 Å². The Balaban J connectivity index is 2.78. The molecule has 0 saturated carbocycles. The molecule has 0 bridgehead atoms. The van der Waals surface area contributed by atoms with Gasteiger partial charge < -0.3 is 5.73 Å². The van der Waals surface area contributed by atoms with E-state index in [1.54, 1.807) is 0 Å². The Bertz CT molecular complexity index is 215. The molecule has 0 spiro atoms. The molecule has 0 aliphatic heterocycles. The van der Waals surface area contributed by atoms with Crippen LogP contribution in [-0.4, -0.2) is 16.4 Å². The molecule has 0 fully saturated rings. The number of alkyl halides is 3. The summed E-state index contributed by atoms with van der Waals surface area (Å²) in [5, 5.41) is 5.60. The van der Waals surface area contributed by atoms with Gasteiger partial charge in [0.2, 0.25) is 0 Å². The fourth-order valence-corrected chi connectivity index (χ4v) is 0.620. The molecule has 0 aliphatic rings. The number of hydrogen-bond acceptors (Lipinski definition) is 2. The topological polar surface area (TPSA) is 54.7 Å². The Kier molecular flexibility index (Phi) is 1.86. The number of H-pyrrole nitrogens is 1. The smallest absolute Gasteiger partial charge is 0.316 e. The predicted octanol–water partition coefficient (Wildman–Crippen LogP) is 0.972. The average Bonchev–Trinajstić information content (AvgIpc) is 2.34. The number of halogens is 3. The first-order valence-corrected chi connectivity index (χ1v) is 2.83. The molecule has 11 heavy (non-hydrogen) atoms. The second-order valence-corrected chi connectivity index (χ2v) is 2.05. The maximum absolute atomic E-state index is 11.8. The van der Waals surface area contributed by atoms with Crippen molar-refractivity contribution in [1.82, 2.24) is 10.2 Å². The van der Waals surface area contributed by atoms with Crippen LogP contribution >= 0.6 is 0 Å². The number of aromatic nitrogens is 2. The second kappa shape index (κ2) is 2.54. The van der Waals surface area contributed by atoms with Gasteiger partial charge in [0.15, 0.2) is 0 Å². The number of rotatable bonds is 1.